The van der Waals surface area contributed by atoms with Gasteiger partial charge in [0, 0.05) is 12.7 Å². The Morgan fingerprint density at radius 1 is 1.62 bits per heavy atom. The molecule has 13 heavy (non-hydrogen) atoms. The Morgan fingerprint density at radius 2 is 2.38 bits per heavy atom. The summed E-state index contributed by atoms with van der Waals surface area (Å²) in [5.41, 5.74) is 2.04. The van der Waals surface area contributed by atoms with Gasteiger partial charge in [0.2, 0.25) is 0 Å². The number of nitrogens with zero attached hydrogens (tertiary/aromatic N) is 2. The highest BCUT2D eigenvalue weighted by molar-refractivity contribution is 5.16. The van der Waals surface area contributed by atoms with Gasteiger partial charge < -0.3 is 9.84 Å². The van der Waals surface area contributed by atoms with Crippen LogP contribution < -0.4 is 0 Å². The summed E-state index contributed by atoms with van der Waals surface area (Å²) in [5, 5.41) is 13.9. The summed E-state index contributed by atoms with van der Waals surface area (Å²) in [6, 6.07) is 2.00. The first-order valence-corrected chi connectivity index (χ1v) is 4.45. The highest BCUT2D eigenvalue weighted by atomic mass is 16.5. The van der Waals surface area contributed by atoms with Gasteiger partial charge in [0.05, 0.1) is 30.9 Å². The highest BCUT2D eigenvalue weighted by Gasteiger charge is 2.29. The molecule has 72 valence electrons. The average Bonchev–Trinajstić information content (AvgIpc) is 2.58. The number of hydrogen-bond acceptors (Lipinski definition) is 3. The molecule has 1 aliphatic heterocycles. The maximum Gasteiger partial charge on any atom is 0.0879 e. The van der Waals surface area contributed by atoms with Gasteiger partial charge >= 0.3 is 0 Å². The molecule has 4 heteroatoms. The molecular weight excluding hydrogens is 168 g/mol. The van der Waals surface area contributed by atoms with Crippen LogP contribution >= 0.6 is 0 Å². The summed E-state index contributed by atoms with van der Waals surface area (Å²) >= 11 is 0. The van der Waals surface area contributed by atoms with E-state index in [-0.39, 0.29) is 12.0 Å². The summed E-state index contributed by atoms with van der Waals surface area (Å²) in [4.78, 5) is 0. The van der Waals surface area contributed by atoms with Crippen molar-refractivity contribution in [1.29, 1.82) is 0 Å². The van der Waals surface area contributed by atoms with Crippen molar-refractivity contribution < 1.29 is 9.84 Å². The van der Waals surface area contributed by atoms with Crippen LogP contribution in [0, 0.1) is 6.92 Å². The van der Waals surface area contributed by atoms with Crippen molar-refractivity contribution in [1.82, 2.24) is 9.78 Å². The third kappa shape index (κ3) is 1.47. The summed E-state index contributed by atoms with van der Waals surface area (Å²) in [7, 11) is 1.90. The minimum Gasteiger partial charge on any atom is -0.390 e. The van der Waals surface area contributed by atoms with Crippen molar-refractivity contribution in [3.8, 4) is 0 Å². The molecule has 1 saturated heterocycles. The minimum absolute atomic E-state index is 0.0891. The molecule has 0 amide bonds. The molecule has 1 N–H and O–H groups in total. The summed E-state index contributed by atoms with van der Waals surface area (Å²) < 4.78 is 7.01. The summed E-state index contributed by atoms with van der Waals surface area (Å²) in [6.45, 7) is 2.99. The van der Waals surface area contributed by atoms with Crippen molar-refractivity contribution in [2.45, 2.75) is 18.9 Å². The molecule has 0 aliphatic carbocycles. The van der Waals surface area contributed by atoms with Crippen molar-refractivity contribution in [2.75, 3.05) is 13.2 Å². The lowest BCUT2D eigenvalue weighted by atomic mass is 10.0. The van der Waals surface area contributed by atoms with Crippen LogP contribution in [0.15, 0.2) is 6.07 Å². The first kappa shape index (κ1) is 8.72. The van der Waals surface area contributed by atoms with Gasteiger partial charge in [0.15, 0.2) is 0 Å². The molecule has 2 atom stereocenters. The van der Waals surface area contributed by atoms with E-state index in [1.165, 1.54) is 0 Å². The summed E-state index contributed by atoms with van der Waals surface area (Å²) in [6.07, 6.45) is -0.380. The molecule has 0 bridgehead atoms. The zero-order chi connectivity index (χ0) is 9.42. The fourth-order valence-corrected chi connectivity index (χ4v) is 1.80. The van der Waals surface area contributed by atoms with Gasteiger partial charge in [0.25, 0.3) is 0 Å². The second kappa shape index (κ2) is 3.12. The first-order valence-electron chi connectivity index (χ1n) is 4.45. The maximum atomic E-state index is 9.61. The third-order valence-electron chi connectivity index (χ3n) is 2.47. The maximum absolute atomic E-state index is 9.61. The van der Waals surface area contributed by atoms with E-state index >= 15 is 0 Å². The monoisotopic (exact) mass is 182 g/mol. The van der Waals surface area contributed by atoms with Gasteiger partial charge in [-0.15, -0.1) is 0 Å². The molecule has 0 saturated carbocycles. The number of ether oxygens (including phenoxy) is 1. The van der Waals surface area contributed by atoms with Crippen LogP contribution in [-0.2, 0) is 11.8 Å². The Balaban J connectivity index is 2.28. The Bertz CT molecular complexity index is 309. The quantitative estimate of drug-likeness (QED) is 0.675. The fourth-order valence-electron chi connectivity index (χ4n) is 1.80. The lowest BCUT2D eigenvalue weighted by molar-refractivity contribution is 0.124. The molecule has 2 rings (SSSR count). The molecule has 0 spiro atoms. The van der Waals surface area contributed by atoms with Crippen molar-refractivity contribution >= 4 is 0 Å². The Hall–Kier alpha value is -0.870. The number of aliphatic hydroxyl groups is 1. The Morgan fingerprint density at radius 3 is 2.85 bits per heavy atom. The minimum atomic E-state index is -0.380. The number of aryl methyl sites for hydroxylation is 2. The summed E-state index contributed by atoms with van der Waals surface area (Å²) in [5.74, 6) is 0.0891. The smallest absolute Gasteiger partial charge is 0.0879 e. The predicted octanol–water partition coefficient (Wildman–Crippen LogP) is 0.203. The second-order valence-corrected chi connectivity index (χ2v) is 3.55. The molecule has 2 heterocycles. The van der Waals surface area contributed by atoms with Gasteiger partial charge in [-0.1, -0.05) is 0 Å². The number of hydrogen-bond donors (Lipinski definition) is 1. The Labute approximate surface area is 77.1 Å². The first-order chi connectivity index (χ1) is 6.18. The van der Waals surface area contributed by atoms with E-state index in [1.807, 2.05) is 24.7 Å². The van der Waals surface area contributed by atoms with Crippen molar-refractivity contribution in [2.24, 2.45) is 7.05 Å². The number of aliphatic hydroxyl groups excluding tert-OH is 1. The zero-order valence-electron chi connectivity index (χ0n) is 7.90. The molecule has 1 fully saturated rings. The van der Waals surface area contributed by atoms with Crippen molar-refractivity contribution in [3.05, 3.63) is 17.5 Å². The molecule has 1 aromatic heterocycles. The van der Waals surface area contributed by atoms with Crippen LogP contribution in [0.25, 0.3) is 0 Å². The van der Waals surface area contributed by atoms with Crippen molar-refractivity contribution in [3.63, 3.8) is 0 Å². The van der Waals surface area contributed by atoms with E-state index in [4.69, 9.17) is 4.74 Å². The van der Waals surface area contributed by atoms with E-state index in [9.17, 15) is 5.11 Å². The van der Waals surface area contributed by atoms with E-state index in [0.717, 1.165) is 11.4 Å². The molecule has 1 aromatic rings. The topological polar surface area (TPSA) is 47.3 Å². The standard InChI is InChI=1S/C9H14N2O2/c1-6-3-8(11(2)10-6)7-4-13-5-9(7)12/h3,7,9,12H,4-5H2,1-2H3/t7-,9+/m0/s1. The van der Waals surface area contributed by atoms with E-state index < -0.39 is 0 Å². The number of aromatic nitrogens is 2. The van der Waals surface area contributed by atoms with Crippen LogP contribution in [0.2, 0.25) is 0 Å². The highest BCUT2D eigenvalue weighted by Crippen LogP contribution is 2.25. The molecule has 4 nitrogen and oxygen atoms in total. The third-order valence-corrected chi connectivity index (χ3v) is 2.47. The van der Waals surface area contributed by atoms with E-state index in [2.05, 4.69) is 5.10 Å². The normalized spacial score (nSPS) is 28.2. The van der Waals surface area contributed by atoms with Crippen LogP contribution in [0.1, 0.15) is 17.3 Å². The molecule has 1 aliphatic rings. The lowest BCUT2D eigenvalue weighted by Gasteiger charge is -2.11. The zero-order valence-corrected chi connectivity index (χ0v) is 7.90. The van der Waals surface area contributed by atoms with Crippen LogP contribution in [0.3, 0.4) is 0 Å². The largest absolute Gasteiger partial charge is 0.390 e. The molecule has 0 aromatic carbocycles. The molecular formula is C9H14N2O2. The van der Waals surface area contributed by atoms with Crippen LogP contribution in [0.4, 0.5) is 0 Å². The predicted molar refractivity (Wildman–Crippen MR) is 47.5 cm³/mol. The van der Waals surface area contributed by atoms with Gasteiger partial charge in [-0.3, -0.25) is 4.68 Å². The van der Waals surface area contributed by atoms with Gasteiger partial charge in [-0.25, -0.2) is 0 Å². The van der Waals surface area contributed by atoms with E-state index in [0.29, 0.717) is 13.2 Å². The van der Waals surface area contributed by atoms with Gasteiger partial charge in [-0.05, 0) is 13.0 Å². The fraction of sp³-hybridized carbons (Fsp3) is 0.667. The second-order valence-electron chi connectivity index (χ2n) is 3.55. The van der Waals surface area contributed by atoms with Gasteiger partial charge in [-0.2, -0.15) is 5.10 Å². The van der Waals surface area contributed by atoms with Crippen LogP contribution in [0.5, 0.6) is 0 Å². The van der Waals surface area contributed by atoms with Gasteiger partial charge in [0.1, 0.15) is 0 Å². The molecule has 0 unspecified atom stereocenters. The number of rotatable bonds is 1. The van der Waals surface area contributed by atoms with Crippen LogP contribution in [-0.4, -0.2) is 34.2 Å². The Kier molecular flexibility index (Phi) is 2.09. The van der Waals surface area contributed by atoms with E-state index in [1.54, 1.807) is 0 Å². The lowest BCUT2D eigenvalue weighted by Crippen LogP contribution is -2.18. The average molecular weight is 182 g/mol. The SMILES string of the molecule is Cc1cc([C@@H]2COC[C@H]2O)n(C)n1. The molecule has 0 radical (unpaired) electrons.